The van der Waals surface area contributed by atoms with Crippen molar-refractivity contribution in [3.05, 3.63) is 94.9 Å². The number of rotatable bonds is 3. The minimum absolute atomic E-state index is 0.111. The lowest BCUT2D eigenvalue weighted by atomic mass is 10.1. The fourth-order valence-corrected chi connectivity index (χ4v) is 3.84. The first-order valence-corrected chi connectivity index (χ1v) is 9.51. The van der Waals surface area contributed by atoms with Gasteiger partial charge in [0.25, 0.3) is 5.91 Å². The topological polar surface area (TPSA) is 41.5 Å². The van der Waals surface area contributed by atoms with Crippen LogP contribution in [-0.4, -0.2) is 11.1 Å². The second kappa shape index (κ2) is 7.64. The lowest BCUT2D eigenvalue weighted by Crippen LogP contribution is -2.19. The molecule has 1 fully saturated rings. The lowest BCUT2D eigenvalue weighted by Gasteiger charge is -2.02. The highest BCUT2D eigenvalue weighted by molar-refractivity contribution is 8.18. The van der Waals surface area contributed by atoms with Gasteiger partial charge in [0, 0.05) is 5.39 Å². The number of aliphatic imine (C=N–C) groups is 1. The van der Waals surface area contributed by atoms with Gasteiger partial charge in [-0.25, -0.2) is 4.99 Å². The van der Waals surface area contributed by atoms with Crippen molar-refractivity contribution in [1.29, 1.82) is 0 Å². The van der Waals surface area contributed by atoms with E-state index in [1.807, 2.05) is 73.7 Å². The molecule has 0 aliphatic carbocycles. The minimum Gasteiger partial charge on any atom is -0.300 e. The summed E-state index contributed by atoms with van der Waals surface area (Å²) in [6, 6.07) is 24.2. The number of nitrogens with one attached hydrogen (secondary N) is 1. The maximum absolute atomic E-state index is 12.3. The molecule has 3 aromatic carbocycles. The Bertz CT molecular complexity index is 1090. The fraction of sp³-hybridized carbons (Fsp3) is 0.0435. The molecule has 1 saturated heterocycles. The molecule has 0 unspecified atom stereocenters. The van der Waals surface area contributed by atoms with Crippen LogP contribution in [0.3, 0.4) is 0 Å². The third-order valence-electron chi connectivity index (χ3n) is 4.19. The van der Waals surface area contributed by atoms with Crippen LogP contribution >= 0.6 is 11.8 Å². The zero-order valence-corrected chi connectivity index (χ0v) is 15.7. The van der Waals surface area contributed by atoms with E-state index < -0.39 is 0 Å². The third-order valence-corrected chi connectivity index (χ3v) is 5.10. The number of allylic oxidation sites excluding steroid dienone is 2. The van der Waals surface area contributed by atoms with Gasteiger partial charge in [0.1, 0.15) is 0 Å². The predicted octanol–water partition coefficient (Wildman–Crippen LogP) is 5.68. The van der Waals surface area contributed by atoms with E-state index in [1.165, 1.54) is 11.8 Å². The maximum atomic E-state index is 12.3. The average Bonchev–Trinajstić information content (AvgIpc) is 3.01. The van der Waals surface area contributed by atoms with Crippen LogP contribution in [0.5, 0.6) is 0 Å². The van der Waals surface area contributed by atoms with Gasteiger partial charge in [-0.2, -0.15) is 0 Å². The number of nitrogens with zero attached hydrogens (tertiary/aromatic N) is 1. The molecule has 0 saturated carbocycles. The molecule has 4 heteroatoms. The van der Waals surface area contributed by atoms with Crippen molar-refractivity contribution in [2.24, 2.45) is 4.99 Å². The van der Waals surface area contributed by atoms with Gasteiger partial charge < -0.3 is 5.32 Å². The van der Waals surface area contributed by atoms with Gasteiger partial charge in [-0.05, 0) is 47.4 Å². The van der Waals surface area contributed by atoms with Crippen LogP contribution in [0, 0.1) is 0 Å². The summed E-state index contributed by atoms with van der Waals surface area (Å²) in [6.45, 7) is 1.99. The standard InChI is InChI=1S/C23H18N2OS/c1-16(14-17-8-3-2-4-9-17)15-21-22(26)25-23(27-21)24-20-13-7-11-18-10-5-6-12-19(18)20/h2-15H,1H3,(H,24,25,26)/b16-14+,21-15-. The Morgan fingerprint density at radius 1 is 0.963 bits per heavy atom. The third kappa shape index (κ3) is 4.01. The van der Waals surface area contributed by atoms with E-state index in [4.69, 9.17) is 0 Å². The summed E-state index contributed by atoms with van der Waals surface area (Å²) in [5.41, 5.74) is 2.99. The molecule has 1 N–H and O–H groups in total. The van der Waals surface area contributed by atoms with E-state index in [-0.39, 0.29) is 5.91 Å². The summed E-state index contributed by atoms with van der Waals surface area (Å²) in [4.78, 5) is 17.6. The number of hydrogen-bond donors (Lipinski definition) is 1. The quantitative estimate of drug-likeness (QED) is 0.603. The molecule has 3 nitrogen and oxygen atoms in total. The zero-order chi connectivity index (χ0) is 18.6. The number of fused-ring (bicyclic) bond motifs is 1. The number of benzene rings is 3. The highest BCUT2D eigenvalue weighted by Crippen LogP contribution is 2.31. The number of hydrogen-bond acceptors (Lipinski definition) is 3. The number of carbonyl (C=O) groups excluding carboxylic acids is 1. The van der Waals surface area contributed by atoms with Crippen LogP contribution in [0.15, 0.2) is 94.3 Å². The summed E-state index contributed by atoms with van der Waals surface area (Å²) in [5.74, 6) is -0.111. The first kappa shape index (κ1) is 17.3. The molecule has 4 rings (SSSR count). The maximum Gasteiger partial charge on any atom is 0.264 e. The molecular formula is C23H18N2OS. The van der Waals surface area contributed by atoms with Gasteiger partial charge in [-0.3, -0.25) is 4.79 Å². The SMILES string of the molecule is CC(/C=C1\SC(=Nc2cccc3ccccc23)NC1=O)=C\c1ccccc1. The van der Waals surface area contributed by atoms with Gasteiger partial charge in [-0.15, -0.1) is 0 Å². The van der Waals surface area contributed by atoms with Gasteiger partial charge in [0.05, 0.1) is 10.6 Å². The number of amidine groups is 1. The monoisotopic (exact) mass is 370 g/mol. The van der Waals surface area contributed by atoms with Gasteiger partial charge in [0.2, 0.25) is 0 Å². The van der Waals surface area contributed by atoms with Crippen molar-refractivity contribution >= 4 is 45.4 Å². The van der Waals surface area contributed by atoms with E-state index in [0.29, 0.717) is 10.1 Å². The van der Waals surface area contributed by atoms with Crippen LogP contribution in [0.25, 0.3) is 16.8 Å². The molecule has 0 aromatic heterocycles. The van der Waals surface area contributed by atoms with Crippen LogP contribution in [0.1, 0.15) is 12.5 Å². The molecule has 0 atom stereocenters. The molecule has 3 aromatic rings. The number of carbonyl (C=O) groups is 1. The van der Waals surface area contributed by atoms with Gasteiger partial charge >= 0.3 is 0 Å². The van der Waals surface area contributed by atoms with Crippen molar-refractivity contribution < 1.29 is 4.79 Å². The second-order valence-corrected chi connectivity index (χ2v) is 7.31. The molecule has 0 radical (unpaired) electrons. The van der Waals surface area contributed by atoms with Crippen molar-refractivity contribution in [2.45, 2.75) is 6.92 Å². The largest absolute Gasteiger partial charge is 0.300 e. The van der Waals surface area contributed by atoms with E-state index >= 15 is 0 Å². The van der Waals surface area contributed by atoms with E-state index in [9.17, 15) is 4.79 Å². The van der Waals surface area contributed by atoms with Crippen molar-refractivity contribution in [3.8, 4) is 0 Å². The molecule has 1 aliphatic heterocycles. The molecule has 0 bridgehead atoms. The van der Waals surface area contributed by atoms with Crippen LogP contribution in [-0.2, 0) is 4.79 Å². The van der Waals surface area contributed by atoms with Crippen LogP contribution in [0.2, 0.25) is 0 Å². The Balaban J connectivity index is 1.60. The van der Waals surface area contributed by atoms with Gasteiger partial charge in [0.15, 0.2) is 5.17 Å². The molecular weight excluding hydrogens is 352 g/mol. The van der Waals surface area contributed by atoms with Crippen molar-refractivity contribution in [1.82, 2.24) is 5.32 Å². The van der Waals surface area contributed by atoms with E-state index in [2.05, 4.69) is 28.5 Å². The molecule has 1 amide bonds. The molecule has 1 aliphatic rings. The van der Waals surface area contributed by atoms with Crippen LogP contribution < -0.4 is 5.32 Å². The summed E-state index contributed by atoms with van der Waals surface area (Å²) in [7, 11) is 0. The summed E-state index contributed by atoms with van der Waals surface area (Å²) >= 11 is 1.37. The lowest BCUT2D eigenvalue weighted by molar-refractivity contribution is -0.115. The van der Waals surface area contributed by atoms with Crippen LogP contribution in [0.4, 0.5) is 5.69 Å². The van der Waals surface area contributed by atoms with Crippen molar-refractivity contribution in [2.75, 3.05) is 0 Å². The molecule has 132 valence electrons. The Kier molecular flexibility index (Phi) is 4.90. The second-order valence-electron chi connectivity index (χ2n) is 6.28. The number of thioether (sulfide) groups is 1. The van der Waals surface area contributed by atoms with Crippen molar-refractivity contribution in [3.63, 3.8) is 0 Å². The summed E-state index contributed by atoms with van der Waals surface area (Å²) in [6.07, 6.45) is 3.96. The fourth-order valence-electron chi connectivity index (χ4n) is 2.96. The Hall–Kier alpha value is -3.11. The first-order valence-electron chi connectivity index (χ1n) is 8.70. The van der Waals surface area contributed by atoms with E-state index in [1.54, 1.807) is 0 Å². The highest BCUT2D eigenvalue weighted by Gasteiger charge is 2.23. The normalized spacial score (nSPS) is 17.7. The minimum atomic E-state index is -0.111. The Morgan fingerprint density at radius 3 is 2.56 bits per heavy atom. The van der Waals surface area contributed by atoms with Gasteiger partial charge in [-0.1, -0.05) is 72.8 Å². The molecule has 0 spiro atoms. The molecule has 27 heavy (non-hydrogen) atoms. The number of amides is 1. The molecule has 1 heterocycles. The highest BCUT2D eigenvalue weighted by atomic mass is 32.2. The van der Waals surface area contributed by atoms with E-state index in [0.717, 1.165) is 27.6 Å². The summed E-state index contributed by atoms with van der Waals surface area (Å²) < 4.78 is 0. The zero-order valence-electron chi connectivity index (χ0n) is 14.8. The predicted molar refractivity (Wildman–Crippen MR) is 115 cm³/mol. The Labute approximate surface area is 162 Å². The summed E-state index contributed by atoms with van der Waals surface area (Å²) in [5, 5.41) is 5.67. The first-order chi connectivity index (χ1) is 13.2. The Morgan fingerprint density at radius 2 is 1.70 bits per heavy atom. The average molecular weight is 370 g/mol. The smallest absolute Gasteiger partial charge is 0.264 e.